The van der Waals surface area contributed by atoms with Crippen LogP contribution in [0.3, 0.4) is 0 Å². The molecular formula is C16H24N2O3S. The fourth-order valence-electron chi connectivity index (χ4n) is 2.63. The minimum Gasteiger partial charge on any atom is -0.388 e. The van der Waals surface area contributed by atoms with Crippen molar-refractivity contribution in [2.24, 2.45) is 0 Å². The molecule has 0 radical (unpaired) electrons. The molecule has 0 spiro atoms. The van der Waals surface area contributed by atoms with E-state index in [2.05, 4.69) is 10.6 Å². The van der Waals surface area contributed by atoms with Gasteiger partial charge in [-0.15, -0.1) is 0 Å². The van der Waals surface area contributed by atoms with Crippen molar-refractivity contribution in [2.45, 2.75) is 37.0 Å². The van der Waals surface area contributed by atoms with E-state index >= 15 is 0 Å². The number of nitrogens with one attached hydrogen (secondary N) is 2. The standard InChI is InChI=1S/C16H24N2O3S/c19-15(18-13-16(20)8-4-5-9-16)17-10-11-22(21)12-14-6-2-1-3-7-14/h1-3,6-7,20H,4-5,8-13H2,(H2,17,18,19). The van der Waals surface area contributed by atoms with Crippen LogP contribution in [0, 0.1) is 0 Å². The van der Waals surface area contributed by atoms with Gasteiger partial charge in [-0.3, -0.25) is 4.21 Å². The summed E-state index contributed by atoms with van der Waals surface area (Å²) in [4.78, 5) is 11.6. The molecule has 0 heterocycles. The first-order valence-electron chi connectivity index (χ1n) is 7.70. The molecule has 0 saturated heterocycles. The Morgan fingerprint density at radius 1 is 1.18 bits per heavy atom. The van der Waals surface area contributed by atoms with Gasteiger partial charge >= 0.3 is 6.03 Å². The smallest absolute Gasteiger partial charge is 0.314 e. The highest BCUT2D eigenvalue weighted by atomic mass is 32.2. The Morgan fingerprint density at radius 3 is 2.55 bits per heavy atom. The first kappa shape index (κ1) is 17.0. The third-order valence-electron chi connectivity index (χ3n) is 3.90. The Bertz CT molecular complexity index is 501. The van der Waals surface area contributed by atoms with Gasteiger partial charge in [-0.2, -0.15) is 0 Å². The van der Waals surface area contributed by atoms with Gasteiger partial charge in [-0.1, -0.05) is 43.2 Å². The summed E-state index contributed by atoms with van der Waals surface area (Å²) in [7, 11) is -0.994. The van der Waals surface area contributed by atoms with Crippen LogP contribution in [0.15, 0.2) is 30.3 Å². The van der Waals surface area contributed by atoms with Crippen molar-refractivity contribution in [1.29, 1.82) is 0 Å². The number of benzene rings is 1. The van der Waals surface area contributed by atoms with E-state index in [0.717, 1.165) is 31.2 Å². The van der Waals surface area contributed by atoms with Gasteiger partial charge in [0.25, 0.3) is 0 Å². The number of rotatable bonds is 7. The summed E-state index contributed by atoms with van der Waals surface area (Å²) in [5, 5.41) is 15.5. The van der Waals surface area contributed by atoms with E-state index in [4.69, 9.17) is 0 Å². The van der Waals surface area contributed by atoms with E-state index in [-0.39, 0.29) is 12.6 Å². The monoisotopic (exact) mass is 324 g/mol. The summed E-state index contributed by atoms with van der Waals surface area (Å²) in [5.41, 5.74) is 0.293. The maximum Gasteiger partial charge on any atom is 0.314 e. The Hall–Kier alpha value is -1.40. The fourth-order valence-corrected chi connectivity index (χ4v) is 3.67. The highest BCUT2D eigenvalue weighted by Gasteiger charge is 2.31. The number of carbonyl (C=O) groups excluding carboxylic acids is 1. The van der Waals surface area contributed by atoms with Crippen LogP contribution in [-0.4, -0.2) is 39.8 Å². The molecule has 22 heavy (non-hydrogen) atoms. The summed E-state index contributed by atoms with van der Waals surface area (Å²) < 4.78 is 11.9. The topological polar surface area (TPSA) is 78.4 Å². The molecule has 1 aliphatic carbocycles. The third kappa shape index (κ3) is 5.77. The first-order chi connectivity index (χ1) is 10.6. The molecule has 1 atom stereocenters. The summed E-state index contributed by atoms with van der Waals surface area (Å²) in [6.45, 7) is 0.648. The minimum atomic E-state index is -0.994. The normalized spacial score (nSPS) is 17.9. The lowest BCUT2D eigenvalue weighted by Gasteiger charge is -2.22. The molecule has 0 aromatic heterocycles. The predicted molar refractivity (Wildman–Crippen MR) is 88.0 cm³/mol. The maximum atomic E-state index is 11.9. The molecule has 2 rings (SSSR count). The Labute approximate surface area is 134 Å². The van der Waals surface area contributed by atoms with Gasteiger partial charge in [0.2, 0.25) is 0 Å². The van der Waals surface area contributed by atoms with Gasteiger partial charge in [0.15, 0.2) is 0 Å². The molecule has 6 heteroatoms. The molecule has 5 nitrogen and oxygen atoms in total. The largest absolute Gasteiger partial charge is 0.388 e. The highest BCUT2D eigenvalue weighted by molar-refractivity contribution is 7.84. The lowest BCUT2D eigenvalue weighted by Crippen LogP contribution is -2.45. The van der Waals surface area contributed by atoms with Gasteiger partial charge in [-0.25, -0.2) is 4.79 Å². The highest BCUT2D eigenvalue weighted by Crippen LogP contribution is 2.28. The zero-order valence-corrected chi connectivity index (χ0v) is 13.5. The van der Waals surface area contributed by atoms with Gasteiger partial charge in [0, 0.05) is 35.4 Å². The number of hydrogen-bond donors (Lipinski definition) is 3. The van der Waals surface area contributed by atoms with Crippen molar-refractivity contribution in [3.05, 3.63) is 35.9 Å². The van der Waals surface area contributed by atoms with E-state index in [1.165, 1.54) is 0 Å². The average Bonchev–Trinajstić information content (AvgIpc) is 2.93. The van der Waals surface area contributed by atoms with E-state index in [1.54, 1.807) is 0 Å². The van der Waals surface area contributed by atoms with Crippen molar-refractivity contribution in [2.75, 3.05) is 18.8 Å². The lowest BCUT2D eigenvalue weighted by molar-refractivity contribution is 0.0501. The van der Waals surface area contributed by atoms with Crippen LogP contribution in [0.4, 0.5) is 4.79 Å². The molecule has 1 saturated carbocycles. The van der Waals surface area contributed by atoms with Crippen LogP contribution in [0.2, 0.25) is 0 Å². The van der Waals surface area contributed by atoms with E-state index in [9.17, 15) is 14.1 Å². The second-order valence-electron chi connectivity index (χ2n) is 5.81. The second kappa shape index (κ2) is 8.29. The molecule has 1 unspecified atom stereocenters. The molecule has 0 bridgehead atoms. The van der Waals surface area contributed by atoms with E-state index in [1.807, 2.05) is 30.3 Å². The molecule has 1 aromatic carbocycles. The quantitative estimate of drug-likeness (QED) is 0.712. The molecule has 1 fully saturated rings. The number of aliphatic hydroxyl groups is 1. The zero-order valence-electron chi connectivity index (χ0n) is 12.7. The summed E-state index contributed by atoms with van der Waals surface area (Å²) in [6, 6.07) is 9.35. The Morgan fingerprint density at radius 2 is 1.86 bits per heavy atom. The van der Waals surface area contributed by atoms with Gasteiger partial charge in [0.1, 0.15) is 0 Å². The number of carbonyl (C=O) groups is 1. The zero-order chi connectivity index (χ0) is 15.8. The van der Waals surface area contributed by atoms with Crippen molar-refractivity contribution in [3.8, 4) is 0 Å². The SMILES string of the molecule is O=C(NCCS(=O)Cc1ccccc1)NCC1(O)CCCC1. The van der Waals surface area contributed by atoms with Crippen molar-refractivity contribution < 1.29 is 14.1 Å². The average molecular weight is 324 g/mol. The van der Waals surface area contributed by atoms with Crippen molar-refractivity contribution >= 4 is 16.8 Å². The van der Waals surface area contributed by atoms with Crippen LogP contribution in [0.25, 0.3) is 0 Å². The first-order valence-corrected chi connectivity index (χ1v) is 9.19. The van der Waals surface area contributed by atoms with Crippen LogP contribution in [0.1, 0.15) is 31.2 Å². The Balaban J connectivity index is 1.59. The molecule has 0 aliphatic heterocycles. The molecule has 3 N–H and O–H groups in total. The van der Waals surface area contributed by atoms with Gasteiger partial charge in [0.05, 0.1) is 5.60 Å². The van der Waals surface area contributed by atoms with Crippen LogP contribution >= 0.6 is 0 Å². The Kier molecular flexibility index (Phi) is 6.39. The van der Waals surface area contributed by atoms with Gasteiger partial charge in [-0.05, 0) is 18.4 Å². The molecule has 122 valence electrons. The summed E-state index contributed by atoms with van der Waals surface area (Å²) in [6.07, 6.45) is 3.51. The van der Waals surface area contributed by atoms with E-state index in [0.29, 0.717) is 18.1 Å². The number of amides is 2. The van der Waals surface area contributed by atoms with Crippen molar-refractivity contribution in [1.82, 2.24) is 10.6 Å². The van der Waals surface area contributed by atoms with Crippen molar-refractivity contribution in [3.63, 3.8) is 0 Å². The fraction of sp³-hybridized carbons (Fsp3) is 0.562. The van der Waals surface area contributed by atoms with Crippen LogP contribution in [-0.2, 0) is 16.6 Å². The summed E-state index contributed by atoms with van der Waals surface area (Å²) >= 11 is 0. The molecule has 2 amide bonds. The summed E-state index contributed by atoms with van der Waals surface area (Å²) in [5.74, 6) is 0.927. The number of hydrogen-bond acceptors (Lipinski definition) is 3. The predicted octanol–water partition coefficient (Wildman–Crippen LogP) is 1.54. The third-order valence-corrected chi connectivity index (χ3v) is 5.21. The molecular weight excluding hydrogens is 300 g/mol. The number of urea groups is 1. The lowest BCUT2D eigenvalue weighted by atomic mass is 10.0. The van der Waals surface area contributed by atoms with E-state index < -0.39 is 16.4 Å². The second-order valence-corrected chi connectivity index (χ2v) is 7.39. The van der Waals surface area contributed by atoms with Crippen LogP contribution < -0.4 is 10.6 Å². The molecule has 1 aliphatic rings. The maximum absolute atomic E-state index is 11.9. The molecule has 1 aromatic rings. The van der Waals surface area contributed by atoms with Crippen LogP contribution in [0.5, 0.6) is 0 Å². The van der Waals surface area contributed by atoms with Gasteiger partial charge < -0.3 is 15.7 Å². The minimum absolute atomic E-state index is 0.284.